The van der Waals surface area contributed by atoms with Crippen LogP contribution in [0.1, 0.15) is 19.4 Å². The van der Waals surface area contributed by atoms with E-state index in [-0.39, 0.29) is 16.7 Å². The van der Waals surface area contributed by atoms with Crippen LogP contribution in [0.25, 0.3) is 11.5 Å². The molecule has 164 valence electrons. The van der Waals surface area contributed by atoms with E-state index in [2.05, 4.69) is 15.5 Å². The third-order valence-electron chi connectivity index (χ3n) is 4.89. The zero-order chi connectivity index (χ0) is 22.2. The Bertz CT molecular complexity index is 1180. The standard InChI is InChI=1S/C21H24ClN5O3S/c1-13(2)24-21-26-25-20(30-21)15-5-8-19-18(9-15)27(11-17(23)12-31(19,28)29)10-14-3-6-16(22)7-4-14/h3-9,13,17H,10-12,23H2,1-2H3,(H,24,26)/t17-/m1/s1. The second-order valence-electron chi connectivity index (χ2n) is 7.94. The predicted octanol–water partition coefficient (Wildman–Crippen LogP) is 3.33. The van der Waals surface area contributed by atoms with E-state index in [0.717, 1.165) is 5.56 Å². The molecule has 1 atom stereocenters. The maximum absolute atomic E-state index is 12.9. The Labute approximate surface area is 186 Å². The number of nitrogens with one attached hydrogen (secondary N) is 1. The SMILES string of the molecule is CC(C)Nc1nnc(-c2ccc3c(c2)N(Cc2ccc(Cl)cc2)C[C@@H](N)CS3(=O)=O)o1. The molecule has 1 aromatic heterocycles. The number of hydrogen-bond acceptors (Lipinski definition) is 8. The van der Waals surface area contributed by atoms with Crippen molar-refractivity contribution in [1.29, 1.82) is 0 Å². The summed E-state index contributed by atoms with van der Waals surface area (Å²) < 4.78 is 31.6. The Balaban J connectivity index is 1.75. The molecule has 0 bridgehead atoms. The summed E-state index contributed by atoms with van der Waals surface area (Å²) in [5.74, 6) is 0.197. The summed E-state index contributed by atoms with van der Waals surface area (Å²) in [4.78, 5) is 2.22. The highest BCUT2D eigenvalue weighted by Gasteiger charge is 2.31. The molecule has 0 amide bonds. The number of nitrogens with zero attached hydrogens (tertiary/aromatic N) is 3. The molecule has 0 spiro atoms. The number of benzene rings is 2. The van der Waals surface area contributed by atoms with Gasteiger partial charge in [0.1, 0.15) is 0 Å². The fourth-order valence-electron chi connectivity index (χ4n) is 3.57. The summed E-state index contributed by atoms with van der Waals surface area (Å²) in [6, 6.07) is 12.4. The van der Waals surface area contributed by atoms with E-state index in [1.165, 1.54) is 0 Å². The first-order valence-corrected chi connectivity index (χ1v) is 12.0. The molecule has 2 aromatic carbocycles. The minimum absolute atomic E-state index is 0.112. The number of aromatic nitrogens is 2. The first-order valence-electron chi connectivity index (χ1n) is 9.93. The molecule has 1 aliphatic rings. The van der Waals surface area contributed by atoms with E-state index >= 15 is 0 Å². The van der Waals surface area contributed by atoms with Crippen molar-refractivity contribution < 1.29 is 12.8 Å². The monoisotopic (exact) mass is 461 g/mol. The van der Waals surface area contributed by atoms with Crippen LogP contribution >= 0.6 is 11.6 Å². The number of sulfone groups is 1. The number of nitrogens with two attached hydrogens (primary N) is 1. The Morgan fingerprint density at radius 3 is 2.68 bits per heavy atom. The van der Waals surface area contributed by atoms with Gasteiger partial charge in [-0.3, -0.25) is 0 Å². The number of rotatable bonds is 5. The maximum Gasteiger partial charge on any atom is 0.315 e. The van der Waals surface area contributed by atoms with Gasteiger partial charge in [0.15, 0.2) is 9.84 Å². The van der Waals surface area contributed by atoms with Gasteiger partial charge in [-0.05, 0) is 49.7 Å². The van der Waals surface area contributed by atoms with Crippen LogP contribution in [0, 0.1) is 0 Å². The van der Waals surface area contributed by atoms with Crippen LogP contribution in [0.15, 0.2) is 51.8 Å². The van der Waals surface area contributed by atoms with Gasteiger partial charge in [0.05, 0.1) is 16.3 Å². The molecule has 0 saturated heterocycles. The second-order valence-corrected chi connectivity index (χ2v) is 10.4. The lowest BCUT2D eigenvalue weighted by molar-refractivity contribution is 0.574. The van der Waals surface area contributed by atoms with E-state index in [0.29, 0.717) is 41.3 Å². The summed E-state index contributed by atoms with van der Waals surface area (Å²) in [6.07, 6.45) is 0. The summed E-state index contributed by atoms with van der Waals surface area (Å²) in [5.41, 5.74) is 8.36. The van der Waals surface area contributed by atoms with Gasteiger partial charge in [-0.2, -0.15) is 0 Å². The van der Waals surface area contributed by atoms with E-state index < -0.39 is 15.9 Å². The smallest absolute Gasteiger partial charge is 0.315 e. The van der Waals surface area contributed by atoms with E-state index in [4.69, 9.17) is 21.8 Å². The van der Waals surface area contributed by atoms with Crippen molar-refractivity contribution in [2.75, 3.05) is 22.5 Å². The van der Waals surface area contributed by atoms with Gasteiger partial charge in [-0.25, -0.2) is 8.42 Å². The van der Waals surface area contributed by atoms with Crippen molar-refractivity contribution in [2.24, 2.45) is 5.73 Å². The Morgan fingerprint density at radius 1 is 1.23 bits per heavy atom. The van der Waals surface area contributed by atoms with Crippen LogP contribution in [0.5, 0.6) is 0 Å². The molecule has 4 rings (SSSR count). The average molecular weight is 462 g/mol. The highest BCUT2D eigenvalue weighted by atomic mass is 35.5. The van der Waals surface area contributed by atoms with Crippen molar-refractivity contribution in [3.63, 3.8) is 0 Å². The van der Waals surface area contributed by atoms with Gasteiger partial charge in [0, 0.05) is 35.8 Å². The van der Waals surface area contributed by atoms with Crippen LogP contribution in [-0.4, -0.2) is 43.0 Å². The van der Waals surface area contributed by atoms with Crippen LogP contribution < -0.4 is 16.0 Å². The largest absolute Gasteiger partial charge is 0.403 e. The Hall–Kier alpha value is -2.62. The summed E-state index contributed by atoms with van der Waals surface area (Å²) in [5, 5.41) is 11.8. The first-order chi connectivity index (χ1) is 14.7. The lowest BCUT2D eigenvalue weighted by Gasteiger charge is -2.26. The zero-order valence-electron chi connectivity index (χ0n) is 17.2. The normalized spacial score (nSPS) is 18.0. The van der Waals surface area contributed by atoms with Crippen LogP contribution in [-0.2, 0) is 16.4 Å². The number of fused-ring (bicyclic) bond motifs is 1. The molecule has 0 saturated carbocycles. The average Bonchev–Trinajstić information content (AvgIpc) is 3.12. The molecular weight excluding hydrogens is 438 g/mol. The minimum atomic E-state index is -3.54. The van der Waals surface area contributed by atoms with E-state index in [9.17, 15) is 8.42 Å². The molecule has 0 aliphatic carbocycles. The van der Waals surface area contributed by atoms with Crippen molar-refractivity contribution in [2.45, 2.75) is 37.4 Å². The van der Waals surface area contributed by atoms with Gasteiger partial charge < -0.3 is 20.4 Å². The van der Waals surface area contributed by atoms with Crippen LogP contribution in [0.3, 0.4) is 0 Å². The highest BCUT2D eigenvalue weighted by Crippen LogP contribution is 2.35. The van der Waals surface area contributed by atoms with Gasteiger partial charge in [-0.1, -0.05) is 28.8 Å². The highest BCUT2D eigenvalue weighted by molar-refractivity contribution is 7.91. The van der Waals surface area contributed by atoms with Crippen molar-refractivity contribution in [3.05, 3.63) is 53.1 Å². The fourth-order valence-corrected chi connectivity index (χ4v) is 5.33. The molecule has 2 heterocycles. The van der Waals surface area contributed by atoms with Crippen molar-refractivity contribution in [3.8, 4) is 11.5 Å². The van der Waals surface area contributed by atoms with Gasteiger partial charge in [-0.15, -0.1) is 5.10 Å². The Kier molecular flexibility index (Phi) is 5.92. The third kappa shape index (κ3) is 4.84. The topological polar surface area (TPSA) is 114 Å². The summed E-state index contributed by atoms with van der Waals surface area (Å²) in [7, 11) is -3.54. The Morgan fingerprint density at radius 2 is 1.97 bits per heavy atom. The lowest BCUT2D eigenvalue weighted by atomic mass is 10.1. The molecule has 3 aromatic rings. The predicted molar refractivity (Wildman–Crippen MR) is 121 cm³/mol. The van der Waals surface area contributed by atoms with Crippen molar-refractivity contribution >= 4 is 33.1 Å². The molecule has 8 nitrogen and oxygen atoms in total. The molecule has 0 unspecified atom stereocenters. The second kappa shape index (κ2) is 8.49. The lowest BCUT2D eigenvalue weighted by Crippen LogP contribution is -2.39. The number of anilines is 2. The van der Waals surface area contributed by atoms with E-state index in [1.807, 2.05) is 43.0 Å². The fraction of sp³-hybridized carbons (Fsp3) is 0.333. The van der Waals surface area contributed by atoms with Crippen LogP contribution in [0.4, 0.5) is 11.7 Å². The summed E-state index contributed by atoms with van der Waals surface area (Å²) >= 11 is 6.00. The van der Waals surface area contributed by atoms with Crippen LogP contribution in [0.2, 0.25) is 5.02 Å². The van der Waals surface area contributed by atoms with Gasteiger partial charge in [0.2, 0.25) is 5.89 Å². The summed E-state index contributed by atoms with van der Waals surface area (Å²) in [6.45, 7) is 4.81. The molecule has 10 heteroatoms. The van der Waals surface area contributed by atoms with E-state index in [1.54, 1.807) is 18.2 Å². The van der Waals surface area contributed by atoms with Gasteiger partial charge >= 0.3 is 6.01 Å². The molecule has 0 radical (unpaired) electrons. The number of hydrogen-bond donors (Lipinski definition) is 2. The quantitative estimate of drug-likeness (QED) is 0.594. The molecule has 31 heavy (non-hydrogen) atoms. The molecule has 3 N–H and O–H groups in total. The first kappa shape index (κ1) is 21.6. The minimum Gasteiger partial charge on any atom is -0.403 e. The molecular formula is C21H24ClN5O3S. The van der Waals surface area contributed by atoms with Crippen molar-refractivity contribution in [1.82, 2.24) is 10.2 Å². The zero-order valence-corrected chi connectivity index (χ0v) is 18.8. The van der Waals surface area contributed by atoms with Gasteiger partial charge in [0.25, 0.3) is 0 Å². The third-order valence-corrected chi connectivity index (χ3v) is 7.03. The number of halogens is 1. The molecule has 0 fully saturated rings. The molecule has 1 aliphatic heterocycles. The maximum atomic E-state index is 12.9.